The van der Waals surface area contributed by atoms with E-state index in [-0.39, 0.29) is 0 Å². The van der Waals surface area contributed by atoms with Crippen LogP contribution in [-0.2, 0) is 9.13 Å². The molecule has 0 aliphatic carbocycles. The van der Waals surface area contributed by atoms with E-state index in [4.69, 9.17) is 0 Å². The molecule has 1 aromatic heterocycles. The molecule has 124 valence electrons. The van der Waals surface area contributed by atoms with Crippen molar-refractivity contribution in [2.75, 3.05) is 0 Å². The lowest BCUT2D eigenvalue weighted by Crippen LogP contribution is -2.43. The second-order valence-corrected chi connectivity index (χ2v) is 9.11. The lowest BCUT2D eigenvalue weighted by molar-refractivity contribution is -0.716. The first-order valence-electron chi connectivity index (χ1n) is 6.77. The maximum Gasteiger partial charge on any atom is 0.347 e. The topological polar surface area (TPSA) is 119 Å². The molecule has 23 heavy (non-hydrogen) atoms. The van der Waals surface area contributed by atoms with E-state index in [0.29, 0.717) is 0 Å². The molecule has 1 heterocycles. The van der Waals surface area contributed by atoms with Crippen molar-refractivity contribution in [2.24, 2.45) is 0 Å². The molecule has 4 N–H and O–H groups in total. The van der Waals surface area contributed by atoms with Crippen LogP contribution in [-0.4, -0.2) is 25.0 Å². The first-order valence-corrected chi connectivity index (χ1v) is 10.1. The average Bonchev–Trinajstić information content (AvgIpc) is 2.45. The minimum atomic E-state index is -4.99. The molecule has 0 bridgehead atoms. The minimum absolute atomic E-state index is 0.773. The van der Waals surface area contributed by atoms with E-state index in [0.717, 1.165) is 11.1 Å². The quantitative estimate of drug-likeness (QED) is 0.479. The molecule has 0 saturated carbocycles. The lowest BCUT2D eigenvalue weighted by atomic mass is 10.1. The van der Waals surface area contributed by atoms with Gasteiger partial charge in [-0.1, -0.05) is 30.3 Å². The lowest BCUT2D eigenvalue weighted by Gasteiger charge is -2.22. The summed E-state index contributed by atoms with van der Waals surface area (Å²) < 4.78 is 24.5. The SMILES string of the molecule is CC(C(P(=O)(O)O)P(=O)(O)O)[n+]1cccc(-c2ccccc2)c1. The number of aromatic nitrogens is 1. The molecule has 1 aromatic carbocycles. The van der Waals surface area contributed by atoms with E-state index in [1.807, 2.05) is 36.4 Å². The van der Waals surface area contributed by atoms with Gasteiger partial charge in [0.1, 0.15) is 0 Å². The van der Waals surface area contributed by atoms with E-state index in [1.54, 1.807) is 12.3 Å². The van der Waals surface area contributed by atoms with Gasteiger partial charge < -0.3 is 19.6 Å². The van der Waals surface area contributed by atoms with Gasteiger partial charge in [-0.3, -0.25) is 9.13 Å². The number of benzene rings is 1. The Labute approximate surface area is 133 Å². The van der Waals surface area contributed by atoms with Gasteiger partial charge in [0.05, 0.1) is 0 Å². The summed E-state index contributed by atoms with van der Waals surface area (Å²) in [5.74, 6) is 0. The highest BCUT2D eigenvalue weighted by Gasteiger charge is 2.51. The van der Waals surface area contributed by atoms with Gasteiger partial charge in [0.15, 0.2) is 18.4 Å². The van der Waals surface area contributed by atoms with E-state index >= 15 is 0 Å². The van der Waals surface area contributed by atoms with E-state index < -0.39 is 26.6 Å². The van der Waals surface area contributed by atoms with Crippen LogP contribution in [0, 0.1) is 0 Å². The van der Waals surface area contributed by atoms with Gasteiger partial charge in [-0.05, 0) is 18.6 Å². The summed E-state index contributed by atoms with van der Waals surface area (Å²) in [5.41, 5.74) is 1.66. The molecule has 0 amide bonds. The third-order valence-corrected chi connectivity index (χ3v) is 7.57. The van der Waals surface area contributed by atoms with Crippen LogP contribution in [0.5, 0.6) is 0 Å². The van der Waals surface area contributed by atoms with Crippen LogP contribution in [0.2, 0.25) is 0 Å². The Morgan fingerprint density at radius 3 is 1.91 bits per heavy atom. The van der Waals surface area contributed by atoms with Crippen molar-refractivity contribution in [3.05, 3.63) is 54.9 Å². The van der Waals surface area contributed by atoms with Gasteiger partial charge in [0.2, 0.25) is 5.40 Å². The van der Waals surface area contributed by atoms with Crippen LogP contribution in [0.3, 0.4) is 0 Å². The Balaban J connectivity index is 2.45. The monoisotopic (exact) mass is 358 g/mol. The maximum absolute atomic E-state index is 11.5. The second kappa shape index (κ2) is 6.65. The fraction of sp³-hybridized carbons (Fsp3) is 0.214. The molecule has 0 aliphatic heterocycles. The van der Waals surface area contributed by atoms with Gasteiger partial charge in [-0.2, -0.15) is 0 Å². The van der Waals surface area contributed by atoms with Gasteiger partial charge >= 0.3 is 15.2 Å². The molecular weight excluding hydrogens is 340 g/mol. The molecule has 0 fully saturated rings. The predicted molar refractivity (Wildman–Crippen MR) is 84.7 cm³/mol. The number of hydrogen-bond donors (Lipinski definition) is 4. The van der Waals surface area contributed by atoms with Crippen molar-refractivity contribution in [1.82, 2.24) is 0 Å². The third-order valence-electron chi connectivity index (χ3n) is 3.52. The van der Waals surface area contributed by atoms with E-state index in [2.05, 4.69) is 0 Å². The van der Waals surface area contributed by atoms with Crippen LogP contribution in [0.15, 0.2) is 54.9 Å². The fourth-order valence-electron chi connectivity index (χ4n) is 2.46. The smallest absolute Gasteiger partial charge is 0.324 e. The highest BCUT2D eigenvalue weighted by molar-refractivity contribution is 7.70. The summed E-state index contributed by atoms with van der Waals surface area (Å²) in [4.78, 5) is 37.3. The zero-order chi connectivity index (χ0) is 17.3. The Morgan fingerprint density at radius 2 is 1.39 bits per heavy atom. The highest BCUT2D eigenvalue weighted by Crippen LogP contribution is 2.62. The highest BCUT2D eigenvalue weighted by atomic mass is 31.2. The largest absolute Gasteiger partial charge is 0.347 e. The van der Waals surface area contributed by atoms with Gasteiger partial charge in [0.25, 0.3) is 0 Å². The summed E-state index contributed by atoms with van der Waals surface area (Å²) in [7, 11) is -9.98. The molecule has 1 unspecified atom stereocenters. The number of nitrogens with zero attached hydrogens (tertiary/aromatic N) is 1. The summed E-state index contributed by atoms with van der Waals surface area (Å²) >= 11 is 0. The van der Waals surface area contributed by atoms with Crippen molar-refractivity contribution in [2.45, 2.75) is 18.4 Å². The Bertz CT molecular complexity index is 748. The number of rotatable bonds is 5. The maximum atomic E-state index is 11.5. The van der Waals surface area contributed by atoms with Gasteiger partial charge in [-0.25, -0.2) is 4.57 Å². The molecule has 2 aromatic rings. The molecular formula is C14H18NO6P2+. The van der Waals surface area contributed by atoms with Gasteiger partial charge in [-0.15, -0.1) is 0 Å². The molecule has 1 atom stereocenters. The van der Waals surface area contributed by atoms with Crippen LogP contribution >= 0.6 is 15.2 Å². The molecule has 0 aliphatic rings. The van der Waals surface area contributed by atoms with Crippen LogP contribution in [0.1, 0.15) is 13.0 Å². The van der Waals surface area contributed by atoms with Crippen LogP contribution in [0.4, 0.5) is 0 Å². The Morgan fingerprint density at radius 1 is 0.870 bits per heavy atom. The Kier molecular flexibility index (Phi) is 5.21. The molecule has 7 nitrogen and oxygen atoms in total. The zero-order valence-electron chi connectivity index (χ0n) is 12.3. The van der Waals surface area contributed by atoms with Gasteiger partial charge in [0, 0.05) is 11.6 Å². The average molecular weight is 358 g/mol. The molecule has 0 radical (unpaired) electrons. The minimum Gasteiger partial charge on any atom is -0.324 e. The summed E-state index contributed by atoms with van der Waals surface area (Å²) in [5, 5.41) is -2.09. The summed E-state index contributed by atoms with van der Waals surface area (Å²) in [6.07, 6.45) is 3.13. The Hall–Kier alpha value is -1.33. The normalized spacial score (nSPS) is 14.0. The summed E-state index contributed by atoms with van der Waals surface area (Å²) in [6, 6.07) is 11.7. The van der Waals surface area contributed by atoms with Crippen molar-refractivity contribution >= 4 is 15.2 Å². The van der Waals surface area contributed by atoms with E-state index in [9.17, 15) is 28.7 Å². The zero-order valence-corrected chi connectivity index (χ0v) is 14.1. The van der Waals surface area contributed by atoms with Crippen LogP contribution in [0.25, 0.3) is 11.1 Å². The van der Waals surface area contributed by atoms with Crippen molar-refractivity contribution < 1.29 is 33.3 Å². The van der Waals surface area contributed by atoms with Crippen molar-refractivity contribution in [3.63, 3.8) is 0 Å². The summed E-state index contributed by atoms with van der Waals surface area (Å²) in [6.45, 7) is 1.37. The third kappa shape index (κ3) is 4.36. The standard InChI is InChI=1S/C14H17NO6P2/c1-11(14(22(16,17)18)23(19,20)21)15-9-5-8-13(10-15)12-6-3-2-4-7-12/h2-11,14H,1H3,(H3-,16,17,18,19,20,21)/p+1. The number of pyridine rings is 1. The van der Waals surface area contributed by atoms with Crippen LogP contribution < -0.4 is 4.57 Å². The second-order valence-electron chi connectivity index (χ2n) is 5.24. The molecule has 9 heteroatoms. The van der Waals surface area contributed by atoms with Crippen molar-refractivity contribution in [1.29, 1.82) is 0 Å². The first-order chi connectivity index (χ1) is 10.6. The van der Waals surface area contributed by atoms with E-state index in [1.165, 1.54) is 17.7 Å². The molecule has 0 spiro atoms. The predicted octanol–water partition coefficient (Wildman–Crippen LogP) is 1.88. The number of hydrogen-bond acceptors (Lipinski definition) is 2. The molecule has 0 saturated heterocycles. The fourth-order valence-corrected chi connectivity index (χ4v) is 5.46. The molecule has 2 rings (SSSR count). The first kappa shape index (κ1) is 18.0. The van der Waals surface area contributed by atoms with Crippen molar-refractivity contribution in [3.8, 4) is 11.1 Å².